The van der Waals surface area contributed by atoms with Crippen molar-refractivity contribution >= 4 is 17.7 Å². The van der Waals surface area contributed by atoms with Gasteiger partial charge in [0.15, 0.2) is 0 Å². The molecule has 1 N–H and O–H groups in total. The summed E-state index contributed by atoms with van der Waals surface area (Å²) in [5.74, 6) is 1.24. The van der Waals surface area contributed by atoms with Crippen molar-refractivity contribution in [1.29, 1.82) is 0 Å². The predicted molar refractivity (Wildman–Crippen MR) is 101 cm³/mol. The monoisotopic (exact) mass is 375 g/mol. The minimum atomic E-state index is -0.288. The van der Waals surface area contributed by atoms with Crippen molar-refractivity contribution in [2.75, 3.05) is 7.11 Å². The van der Waals surface area contributed by atoms with Crippen molar-refractivity contribution in [3.05, 3.63) is 24.3 Å². The first-order valence-electron chi connectivity index (χ1n) is 8.99. The van der Waals surface area contributed by atoms with Gasteiger partial charge in [-0.05, 0) is 48.2 Å². The van der Waals surface area contributed by atoms with E-state index in [1.165, 1.54) is 31.0 Å². The number of aromatic nitrogens is 4. The first kappa shape index (κ1) is 18.7. The van der Waals surface area contributed by atoms with E-state index >= 15 is 0 Å². The fourth-order valence-corrected chi connectivity index (χ4v) is 4.06. The van der Waals surface area contributed by atoms with E-state index in [2.05, 4.69) is 27.8 Å². The lowest BCUT2D eigenvalue weighted by Crippen LogP contribution is -2.44. The van der Waals surface area contributed by atoms with Crippen LogP contribution in [-0.2, 0) is 4.79 Å². The number of rotatable bonds is 6. The Morgan fingerprint density at radius 1 is 1.35 bits per heavy atom. The molecule has 7 nitrogen and oxygen atoms in total. The van der Waals surface area contributed by atoms with Crippen molar-refractivity contribution in [3.8, 4) is 11.4 Å². The first-order chi connectivity index (χ1) is 12.6. The molecule has 0 unspecified atom stereocenters. The summed E-state index contributed by atoms with van der Waals surface area (Å²) in [5.41, 5.74) is 0.746. The molecule has 0 aliphatic heterocycles. The van der Waals surface area contributed by atoms with Gasteiger partial charge in [-0.1, -0.05) is 43.7 Å². The highest BCUT2D eigenvalue weighted by Gasteiger charge is 2.26. The molecule has 1 aliphatic carbocycles. The highest BCUT2D eigenvalue weighted by atomic mass is 32.2. The number of hydrogen-bond donors (Lipinski definition) is 1. The van der Waals surface area contributed by atoms with Gasteiger partial charge in [0.2, 0.25) is 11.1 Å². The Hall–Kier alpha value is -2.09. The van der Waals surface area contributed by atoms with Crippen LogP contribution >= 0.6 is 11.8 Å². The molecular formula is C18H25N5O2S. The number of tetrazole rings is 1. The predicted octanol–water partition coefficient (Wildman–Crippen LogP) is 2.85. The summed E-state index contributed by atoms with van der Waals surface area (Å²) >= 11 is 1.35. The lowest BCUT2D eigenvalue weighted by Gasteiger charge is -2.30. The quantitative estimate of drug-likeness (QED) is 0.782. The van der Waals surface area contributed by atoms with Crippen LogP contribution in [0.5, 0.6) is 5.75 Å². The summed E-state index contributed by atoms with van der Waals surface area (Å²) in [7, 11) is 1.61. The Balaban J connectivity index is 1.69. The largest absolute Gasteiger partial charge is 0.494 e. The fraction of sp³-hybridized carbons (Fsp3) is 0.556. The van der Waals surface area contributed by atoms with Crippen molar-refractivity contribution in [2.45, 2.75) is 56.0 Å². The molecule has 0 bridgehead atoms. The second-order valence-electron chi connectivity index (χ2n) is 6.68. The van der Waals surface area contributed by atoms with Crippen LogP contribution in [0.2, 0.25) is 0 Å². The highest BCUT2D eigenvalue weighted by Crippen LogP contribution is 2.28. The van der Waals surface area contributed by atoms with E-state index in [4.69, 9.17) is 4.74 Å². The second kappa shape index (κ2) is 8.53. The van der Waals surface area contributed by atoms with Gasteiger partial charge in [-0.15, -0.1) is 5.10 Å². The third-order valence-electron chi connectivity index (χ3n) is 4.84. The molecule has 3 atom stereocenters. The summed E-state index contributed by atoms with van der Waals surface area (Å²) in [6.45, 7) is 4.10. The lowest BCUT2D eigenvalue weighted by atomic mass is 9.86. The molecular weight excluding hydrogens is 350 g/mol. The normalized spacial score (nSPS) is 21.2. The van der Waals surface area contributed by atoms with Gasteiger partial charge in [0.05, 0.1) is 12.4 Å². The zero-order valence-electron chi connectivity index (χ0n) is 15.4. The number of thioether (sulfide) groups is 1. The molecule has 0 saturated heterocycles. The van der Waals surface area contributed by atoms with Gasteiger partial charge in [-0.3, -0.25) is 4.79 Å². The van der Waals surface area contributed by atoms with Gasteiger partial charge in [0.1, 0.15) is 11.4 Å². The summed E-state index contributed by atoms with van der Waals surface area (Å²) in [4.78, 5) is 12.6. The van der Waals surface area contributed by atoms with E-state index in [0.717, 1.165) is 12.1 Å². The number of nitrogens with one attached hydrogen (secondary N) is 1. The summed E-state index contributed by atoms with van der Waals surface area (Å²) in [5, 5.41) is 15.4. The number of amides is 1. The van der Waals surface area contributed by atoms with Crippen molar-refractivity contribution in [2.24, 2.45) is 5.92 Å². The lowest BCUT2D eigenvalue weighted by molar-refractivity contribution is -0.121. The number of nitrogens with zero attached hydrogens (tertiary/aromatic N) is 4. The number of carbonyl (C=O) groups is 1. The average molecular weight is 375 g/mol. The summed E-state index contributed by atoms with van der Waals surface area (Å²) in [6, 6.07) is 7.79. The first-order valence-corrected chi connectivity index (χ1v) is 9.87. The van der Waals surface area contributed by atoms with Crippen molar-refractivity contribution in [3.63, 3.8) is 0 Å². The molecule has 0 spiro atoms. The van der Waals surface area contributed by atoms with Gasteiger partial charge in [0, 0.05) is 6.04 Å². The number of methoxy groups -OCH3 is 1. The van der Waals surface area contributed by atoms with Gasteiger partial charge in [-0.25, -0.2) is 0 Å². The summed E-state index contributed by atoms with van der Waals surface area (Å²) < 4.78 is 6.99. The standard InChI is InChI=1S/C18H25N5O2S/c1-12-8-4-5-9-14(12)19-17(24)13(2)26-18-20-21-22-23(18)15-10-6-7-11-16(15)25-3/h6-7,10-14H,4-5,8-9H2,1-3H3,(H,19,24)/t12-,13+,14-/m0/s1. The maximum Gasteiger partial charge on any atom is 0.233 e. The molecule has 1 aliphatic rings. The van der Waals surface area contributed by atoms with Crippen LogP contribution in [0.15, 0.2) is 29.4 Å². The molecule has 26 heavy (non-hydrogen) atoms. The van der Waals surface area contributed by atoms with Gasteiger partial charge >= 0.3 is 0 Å². The zero-order valence-corrected chi connectivity index (χ0v) is 16.2. The Labute approximate surface area is 157 Å². The van der Waals surface area contributed by atoms with Crippen LogP contribution in [0.25, 0.3) is 5.69 Å². The zero-order chi connectivity index (χ0) is 18.5. The van der Waals surface area contributed by atoms with Gasteiger partial charge in [-0.2, -0.15) is 4.68 Å². The number of ether oxygens (including phenoxy) is 1. The average Bonchev–Trinajstić information content (AvgIpc) is 3.11. The van der Waals surface area contributed by atoms with Gasteiger partial charge in [0.25, 0.3) is 0 Å². The Kier molecular flexibility index (Phi) is 6.13. The number of benzene rings is 1. The van der Waals surface area contributed by atoms with E-state index in [1.54, 1.807) is 11.8 Å². The van der Waals surface area contributed by atoms with Crippen molar-refractivity contribution in [1.82, 2.24) is 25.5 Å². The minimum Gasteiger partial charge on any atom is -0.494 e. The third-order valence-corrected chi connectivity index (χ3v) is 5.88. The molecule has 1 saturated carbocycles. The SMILES string of the molecule is COc1ccccc1-n1nnnc1S[C@H](C)C(=O)N[C@H]1CCCC[C@@H]1C. The van der Waals surface area contributed by atoms with Gasteiger partial charge < -0.3 is 10.1 Å². The summed E-state index contributed by atoms with van der Waals surface area (Å²) in [6.07, 6.45) is 4.68. The Morgan fingerprint density at radius 2 is 2.12 bits per heavy atom. The number of hydrogen-bond acceptors (Lipinski definition) is 6. The molecule has 3 rings (SSSR count). The van der Waals surface area contributed by atoms with Crippen LogP contribution in [0, 0.1) is 5.92 Å². The number of para-hydroxylation sites is 2. The molecule has 1 amide bonds. The molecule has 2 aromatic rings. The van der Waals surface area contributed by atoms with E-state index in [-0.39, 0.29) is 17.2 Å². The molecule has 140 valence electrons. The van der Waals surface area contributed by atoms with Crippen LogP contribution < -0.4 is 10.1 Å². The Bertz CT molecular complexity index is 751. The molecule has 0 radical (unpaired) electrons. The highest BCUT2D eigenvalue weighted by molar-refractivity contribution is 8.00. The number of carbonyl (C=O) groups excluding carboxylic acids is 1. The molecule has 1 aromatic carbocycles. The molecule has 1 aromatic heterocycles. The van der Waals surface area contributed by atoms with E-state index in [0.29, 0.717) is 16.8 Å². The van der Waals surface area contributed by atoms with Crippen LogP contribution in [0.1, 0.15) is 39.5 Å². The fourth-order valence-electron chi connectivity index (χ4n) is 3.25. The van der Waals surface area contributed by atoms with Crippen LogP contribution in [-0.4, -0.2) is 44.5 Å². The van der Waals surface area contributed by atoms with Crippen LogP contribution in [0.3, 0.4) is 0 Å². The minimum absolute atomic E-state index is 0.0309. The smallest absolute Gasteiger partial charge is 0.233 e. The second-order valence-corrected chi connectivity index (χ2v) is 7.99. The molecule has 1 heterocycles. The maximum atomic E-state index is 12.6. The van der Waals surface area contributed by atoms with E-state index in [9.17, 15) is 4.79 Å². The Morgan fingerprint density at radius 3 is 2.88 bits per heavy atom. The van der Waals surface area contributed by atoms with Crippen LogP contribution in [0.4, 0.5) is 0 Å². The topological polar surface area (TPSA) is 81.9 Å². The maximum absolute atomic E-state index is 12.6. The van der Waals surface area contributed by atoms with E-state index in [1.807, 2.05) is 31.2 Å². The third kappa shape index (κ3) is 4.17. The molecule has 1 fully saturated rings. The molecule has 8 heteroatoms. The van der Waals surface area contributed by atoms with Crippen molar-refractivity contribution < 1.29 is 9.53 Å². The van der Waals surface area contributed by atoms with E-state index < -0.39 is 0 Å².